The number of amides is 1. The standard InChI is InChI=1S/C19H15FN6O4/c1-24-16-13(17(28)25(2)19(24)30)6-11(7-21-16)23-15(27)8-26-9-22-14-4-3-10(20)5-12(14)18(26)29/h3-7,9H,8H2,1-2H3,(H,23,27). The van der Waals surface area contributed by atoms with Crippen molar-refractivity contribution < 1.29 is 9.18 Å². The molecule has 3 heterocycles. The van der Waals surface area contributed by atoms with Gasteiger partial charge in [0.15, 0.2) is 0 Å². The monoisotopic (exact) mass is 410 g/mol. The molecule has 0 aliphatic heterocycles. The van der Waals surface area contributed by atoms with Gasteiger partial charge in [-0.1, -0.05) is 0 Å². The van der Waals surface area contributed by atoms with Crippen molar-refractivity contribution in [2.24, 2.45) is 14.1 Å². The van der Waals surface area contributed by atoms with Crippen molar-refractivity contribution in [3.8, 4) is 0 Å². The van der Waals surface area contributed by atoms with E-state index in [1.54, 1.807) is 0 Å². The number of pyridine rings is 1. The first-order valence-corrected chi connectivity index (χ1v) is 8.76. The molecule has 152 valence electrons. The summed E-state index contributed by atoms with van der Waals surface area (Å²) in [7, 11) is 2.83. The minimum atomic E-state index is -0.582. The van der Waals surface area contributed by atoms with E-state index in [0.29, 0.717) is 5.52 Å². The zero-order valence-electron chi connectivity index (χ0n) is 15.9. The number of aryl methyl sites for hydroxylation is 1. The van der Waals surface area contributed by atoms with Crippen LogP contribution >= 0.6 is 0 Å². The summed E-state index contributed by atoms with van der Waals surface area (Å²) >= 11 is 0. The molecule has 1 amide bonds. The molecule has 0 fully saturated rings. The Morgan fingerprint density at radius 1 is 1.03 bits per heavy atom. The van der Waals surface area contributed by atoms with Crippen molar-refractivity contribution in [3.63, 3.8) is 0 Å². The number of carbonyl (C=O) groups is 1. The van der Waals surface area contributed by atoms with Crippen molar-refractivity contribution in [3.05, 3.63) is 73.8 Å². The number of aromatic nitrogens is 5. The quantitative estimate of drug-likeness (QED) is 0.512. The number of halogens is 1. The Hall–Kier alpha value is -4.15. The van der Waals surface area contributed by atoms with E-state index in [1.807, 2.05) is 0 Å². The van der Waals surface area contributed by atoms with Crippen LogP contribution in [0.5, 0.6) is 0 Å². The SMILES string of the molecule is Cn1c(=O)c2cc(NC(=O)Cn3cnc4ccc(F)cc4c3=O)cnc2n(C)c1=O. The summed E-state index contributed by atoms with van der Waals surface area (Å²) in [6.07, 6.45) is 2.50. The molecule has 3 aromatic heterocycles. The van der Waals surface area contributed by atoms with Crippen LogP contribution < -0.4 is 22.1 Å². The van der Waals surface area contributed by atoms with Gasteiger partial charge in [0.25, 0.3) is 11.1 Å². The van der Waals surface area contributed by atoms with E-state index >= 15 is 0 Å². The predicted molar refractivity (Wildman–Crippen MR) is 107 cm³/mol. The van der Waals surface area contributed by atoms with E-state index in [0.717, 1.165) is 15.2 Å². The minimum absolute atomic E-state index is 0.0575. The fourth-order valence-electron chi connectivity index (χ4n) is 3.13. The smallest absolute Gasteiger partial charge is 0.323 e. The largest absolute Gasteiger partial charge is 0.332 e. The number of hydrogen-bond acceptors (Lipinski definition) is 6. The molecule has 0 radical (unpaired) electrons. The Morgan fingerprint density at radius 3 is 2.57 bits per heavy atom. The summed E-state index contributed by atoms with van der Waals surface area (Å²) in [6.45, 7) is -0.373. The molecule has 0 atom stereocenters. The lowest BCUT2D eigenvalue weighted by molar-refractivity contribution is -0.116. The zero-order valence-corrected chi connectivity index (χ0v) is 15.9. The van der Waals surface area contributed by atoms with Gasteiger partial charge in [-0.05, 0) is 24.3 Å². The number of carbonyl (C=O) groups excluding carboxylic acids is 1. The number of fused-ring (bicyclic) bond motifs is 2. The van der Waals surface area contributed by atoms with Gasteiger partial charge in [-0.15, -0.1) is 0 Å². The molecule has 0 saturated carbocycles. The average molecular weight is 410 g/mol. The summed E-state index contributed by atoms with van der Waals surface area (Å²) in [4.78, 5) is 57.3. The number of rotatable bonds is 3. The highest BCUT2D eigenvalue weighted by atomic mass is 19.1. The van der Waals surface area contributed by atoms with Crippen LogP contribution in [-0.4, -0.2) is 29.6 Å². The van der Waals surface area contributed by atoms with Crippen LogP contribution in [0.15, 0.2) is 51.2 Å². The highest BCUT2D eigenvalue weighted by Crippen LogP contribution is 2.12. The number of benzene rings is 1. The van der Waals surface area contributed by atoms with Crippen molar-refractivity contribution in [1.29, 1.82) is 0 Å². The Morgan fingerprint density at radius 2 is 1.80 bits per heavy atom. The van der Waals surface area contributed by atoms with Gasteiger partial charge in [-0.25, -0.2) is 19.2 Å². The van der Waals surface area contributed by atoms with E-state index in [2.05, 4.69) is 15.3 Å². The van der Waals surface area contributed by atoms with Crippen LogP contribution in [0.2, 0.25) is 0 Å². The van der Waals surface area contributed by atoms with Gasteiger partial charge in [-0.3, -0.25) is 28.1 Å². The number of nitrogens with zero attached hydrogens (tertiary/aromatic N) is 5. The molecule has 0 spiro atoms. The molecule has 0 aliphatic carbocycles. The molecule has 0 aliphatic rings. The van der Waals surface area contributed by atoms with Crippen LogP contribution in [0.25, 0.3) is 21.9 Å². The van der Waals surface area contributed by atoms with Gasteiger partial charge < -0.3 is 5.32 Å². The molecule has 30 heavy (non-hydrogen) atoms. The van der Waals surface area contributed by atoms with Crippen LogP contribution in [-0.2, 0) is 25.4 Å². The van der Waals surface area contributed by atoms with Crippen LogP contribution in [0, 0.1) is 5.82 Å². The van der Waals surface area contributed by atoms with E-state index in [1.165, 1.54) is 49.4 Å². The Labute approximate surface area is 166 Å². The van der Waals surface area contributed by atoms with Crippen LogP contribution in [0.3, 0.4) is 0 Å². The van der Waals surface area contributed by atoms with Crippen molar-refractivity contribution in [2.75, 3.05) is 5.32 Å². The Kier molecular flexibility index (Phi) is 4.49. The lowest BCUT2D eigenvalue weighted by atomic mass is 10.2. The third-order valence-corrected chi connectivity index (χ3v) is 4.68. The molecule has 10 nitrogen and oxygen atoms in total. The first-order valence-electron chi connectivity index (χ1n) is 8.76. The van der Waals surface area contributed by atoms with Gasteiger partial charge in [0, 0.05) is 14.1 Å². The molecular weight excluding hydrogens is 395 g/mol. The maximum Gasteiger partial charge on any atom is 0.332 e. The van der Waals surface area contributed by atoms with Gasteiger partial charge in [0.2, 0.25) is 5.91 Å². The second-order valence-electron chi connectivity index (χ2n) is 6.69. The van der Waals surface area contributed by atoms with Gasteiger partial charge in [0.05, 0.1) is 34.5 Å². The summed E-state index contributed by atoms with van der Waals surface area (Å²) in [5.41, 5.74) is -0.910. The molecule has 4 rings (SSSR count). The minimum Gasteiger partial charge on any atom is -0.323 e. The molecule has 4 aromatic rings. The highest BCUT2D eigenvalue weighted by molar-refractivity contribution is 5.92. The Bertz CT molecular complexity index is 1520. The number of hydrogen-bond donors (Lipinski definition) is 1. The first kappa shape index (κ1) is 19.2. The summed E-state index contributed by atoms with van der Waals surface area (Å²) in [5, 5.41) is 2.76. The molecule has 1 N–H and O–H groups in total. The van der Waals surface area contributed by atoms with Crippen molar-refractivity contribution in [1.82, 2.24) is 23.7 Å². The second-order valence-corrected chi connectivity index (χ2v) is 6.69. The molecule has 0 unspecified atom stereocenters. The van der Waals surface area contributed by atoms with Gasteiger partial charge in [0.1, 0.15) is 18.0 Å². The Balaban J connectivity index is 1.65. The second kappa shape index (κ2) is 7.03. The maximum atomic E-state index is 13.4. The summed E-state index contributed by atoms with van der Waals surface area (Å²) in [5.74, 6) is -1.15. The molecule has 0 saturated heterocycles. The third-order valence-electron chi connectivity index (χ3n) is 4.68. The zero-order chi connectivity index (χ0) is 21.6. The molecule has 11 heteroatoms. The van der Waals surface area contributed by atoms with E-state index in [9.17, 15) is 23.6 Å². The van der Waals surface area contributed by atoms with Crippen molar-refractivity contribution in [2.45, 2.75) is 6.54 Å². The number of anilines is 1. The lowest BCUT2D eigenvalue weighted by Gasteiger charge is -2.10. The summed E-state index contributed by atoms with van der Waals surface area (Å²) in [6, 6.07) is 5.04. The topological polar surface area (TPSA) is 121 Å². The molecular formula is C19H15FN6O4. The number of nitrogens with one attached hydrogen (secondary N) is 1. The molecule has 1 aromatic carbocycles. The molecule has 0 bridgehead atoms. The third kappa shape index (κ3) is 3.15. The summed E-state index contributed by atoms with van der Waals surface area (Å²) < 4.78 is 16.6. The van der Waals surface area contributed by atoms with Crippen molar-refractivity contribution >= 4 is 33.5 Å². The van der Waals surface area contributed by atoms with Crippen LogP contribution in [0.4, 0.5) is 10.1 Å². The predicted octanol–water partition coefficient (Wildman–Crippen LogP) is 0.120. The highest BCUT2D eigenvalue weighted by Gasteiger charge is 2.13. The normalized spacial score (nSPS) is 11.2. The maximum absolute atomic E-state index is 13.4. The fraction of sp³-hybridized carbons (Fsp3) is 0.158. The lowest BCUT2D eigenvalue weighted by Crippen LogP contribution is -2.37. The van der Waals surface area contributed by atoms with Crippen LogP contribution in [0.1, 0.15) is 0 Å². The van der Waals surface area contributed by atoms with E-state index in [4.69, 9.17) is 0 Å². The van der Waals surface area contributed by atoms with Gasteiger partial charge in [-0.2, -0.15) is 0 Å². The van der Waals surface area contributed by atoms with E-state index in [-0.39, 0.29) is 28.7 Å². The van der Waals surface area contributed by atoms with Gasteiger partial charge >= 0.3 is 5.69 Å². The average Bonchev–Trinajstić information content (AvgIpc) is 2.73. The first-order chi connectivity index (χ1) is 14.3. The fourth-order valence-corrected chi connectivity index (χ4v) is 3.13. The van der Waals surface area contributed by atoms with E-state index < -0.39 is 28.5 Å².